The van der Waals surface area contributed by atoms with Crippen molar-refractivity contribution in [3.8, 4) is 0 Å². The summed E-state index contributed by atoms with van der Waals surface area (Å²) >= 11 is 0. The van der Waals surface area contributed by atoms with Crippen LogP contribution in [-0.2, 0) is 16.0 Å². The molecule has 92 valence electrons. The second-order valence-electron chi connectivity index (χ2n) is 3.79. The van der Waals surface area contributed by atoms with E-state index in [-0.39, 0.29) is 5.97 Å². The lowest BCUT2D eigenvalue weighted by molar-refractivity contribution is -0.137. The van der Waals surface area contributed by atoms with Crippen molar-refractivity contribution >= 4 is 17.7 Å². The second-order valence-corrected chi connectivity index (χ2v) is 3.79. The highest BCUT2D eigenvalue weighted by molar-refractivity contribution is 5.87. The first-order chi connectivity index (χ1) is 8.17. The molecule has 0 saturated heterocycles. The molecule has 0 atom stereocenters. The number of ether oxygens (including phenoxy) is 1. The summed E-state index contributed by atoms with van der Waals surface area (Å²) in [5, 5.41) is 0. The zero-order valence-electron chi connectivity index (χ0n) is 10.4. The van der Waals surface area contributed by atoms with Crippen molar-refractivity contribution in [2.75, 3.05) is 12.3 Å². The number of esters is 1. The van der Waals surface area contributed by atoms with Crippen LogP contribution in [0.15, 0.2) is 24.3 Å². The average molecular weight is 233 g/mol. The minimum absolute atomic E-state index is 0.318. The fourth-order valence-electron chi connectivity index (χ4n) is 1.57. The molecule has 2 N–H and O–H groups in total. The van der Waals surface area contributed by atoms with Crippen molar-refractivity contribution in [3.63, 3.8) is 0 Å². The fraction of sp³-hybridized carbons (Fsp3) is 0.357. The van der Waals surface area contributed by atoms with Gasteiger partial charge in [0, 0.05) is 11.8 Å². The molecule has 0 fully saturated rings. The Labute approximate surface area is 102 Å². The highest BCUT2D eigenvalue weighted by Gasteiger charge is 1.99. The predicted molar refractivity (Wildman–Crippen MR) is 70.5 cm³/mol. The first-order valence-corrected chi connectivity index (χ1v) is 5.90. The van der Waals surface area contributed by atoms with E-state index in [4.69, 9.17) is 10.5 Å². The number of hydrogen-bond donors (Lipinski definition) is 1. The van der Waals surface area contributed by atoms with Crippen molar-refractivity contribution in [2.45, 2.75) is 26.7 Å². The van der Waals surface area contributed by atoms with Crippen molar-refractivity contribution in [1.82, 2.24) is 0 Å². The molecule has 1 aromatic rings. The molecule has 0 bridgehead atoms. The molecule has 0 heterocycles. The lowest BCUT2D eigenvalue weighted by atomic mass is 10.0. The van der Waals surface area contributed by atoms with Crippen LogP contribution in [0.4, 0.5) is 5.69 Å². The molecule has 3 nitrogen and oxygen atoms in total. The standard InChI is InChI=1S/C14H19NO2/c1-3-5-12-10-11(6-8-13(12)15)7-9-14(16)17-4-2/h6-10H,3-5,15H2,1-2H3. The number of nitrogen functional groups attached to an aromatic ring is 1. The molecule has 17 heavy (non-hydrogen) atoms. The van der Waals surface area contributed by atoms with E-state index in [1.54, 1.807) is 13.0 Å². The molecule has 0 spiro atoms. The highest BCUT2D eigenvalue weighted by atomic mass is 16.5. The number of rotatable bonds is 5. The number of carbonyl (C=O) groups is 1. The zero-order chi connectivity index (χ0) is 12.7. The Bertz CT molecular complexity index is 411. The molecule has 1 rings (SSSR count). The van der Waals surface area contributed by atoms with Crippen molar-refractivity contribution in [2.24, 2.45) is 0 Å². The lowest BCUT2D eigenvalue weighted by Crippen LogP contribution is -1.99. The number of nitrogens with two attached hydrogens (primary N) is 1. The van der Waals surface area contributed by atoms with Crippen molar-refractivity contribution in [3.05, 3.63) is 35.4 Å². The number of anilines is 1. The Morgan fingerprint density at radius 1 is 1.41 bits per heavy atom. The summed E-state index contributed by atoms with van der Waals surface area (Å²) < 4.78 is 4.81. The Kier molecular flexibility index (Phi) is 5.27. The molecule has 0 aliphatic rings. The topological polar surface area (TPSA) is 52.3 Å². The SMILES string of the molecule is CCCc1cc(C=CC(=O)OCC)ccc1N. The summed E-state index contributed by atoms with van der Waals surface area (Å²) in [4.78, 5) is 11.2. The highest BCUT2D eigenvalue weighted by Crippen LogP contribution is 2.17. The van der Waals surface area contributed by atoms with Gasteiger partial charge < -0.3 is 10.5 Å². The van der Waals surface area contributed by atoms with Gasteiger partial charge in [-0.05, 0) is 42.7 Å². The number of carbonyl (C=O) groups excluding carboxylic acids is 1. The molecule has 1 aromatic carbocycles. The van der Waals surface area contributed by atoms with E-state index in [1.807, 2.05) is 18.2 Å². The van der Waals surface area contributed by atoms with Gasteiger partial charge in [0.25, 0.3) is 0 Å². The molecule has 3 heteroatoms. The molecule has 0 unspecified atom stereocenters. The second kappa shape index (κ2) is 6.74. The van der Waals surface area contributed by atoms with Crippen LogP contribution >= 0.6 is 0 Å². The molecule has 0 aromatic heterocycles. The number of hydrogen-bond acceptors (Lipinski definition) is 3. The normalized spacial score (nSPS) is 10.7. The van der Waals surface area contributed by atoms with Gasteiger partial charge in [0.2, 0.25) is 0 Å². The first-order valence-electron chi connectivity index (χ1n) is 5.90. The van der Waals surface area contributed by atoms with Crippen LogP contribution in [-0.4, -0.2) is 12.6 Å². The molecule has 0 amide bonds. The van der Waals surface area contributed by atoms with Crippen LogP contribution in [0, 0.1) is 0 Å². The predicted octanol–water partition coefficient (Wildman–Crippen LogP) is 2.80. The van der Waals surface area contributed by atoms with Gasteiger partial charge in [-0.2, -0.15) is 0 Å². The largest absolute Gasteiger partial charge is 0.463 e. The summed E-state index contributed by atoms with van der Waals surface area (Å²) in [5.74, 6) is -0.318. The van der Waals surface area contributed by atoms with Gasteiger partial charge in [-0.15, -0.1) is 0 Å². The molecular formula is C14H19NO2. The quantitative estimate of drug-likeness (QED) is 0.483. The summed E-state index contributed by atoms with van der Waals surface area (Å²) in [6.07, 6.45) is 5.18. The van der Waals surface area contributed by atoms with Crippen LogP contribution in [0.2, 0.25) is 0 Å². The monoisotopic (exact) mass is 233 g/mol. The van der Waals surface area contributed by atoms with Crippen LogP contribution in [0.1, 0.15) is 31.4 Å². The zero-order valence-corrected chi connectivity index (χ0v) is 10.4. The minimum atomic E-state index is -0.318. The van der Waals surface area contributed by atoms with E-state index < -0.39 is 0 Å². The van der Waals surface area contributed by atoms with E-state index in [9.17, 15) is 4.79 Å². The smallest absolute Gasteiger partial charge is 0.330 e. The fourth-order valence-corrected chi connectivity index (χ4v) is 1.57. The lowest BCUT2D eigenvalue weighted by Gasteiger charge is -2.05. The van der Waals surface area contributed by atoms with Crippen molar-refractivity contribution < 1.29 is 9.53 Å². The summed E-state index contributed by atoms with van der Waals surface area (Å²) in [5.41, 5.74) is 8.76. The van der Waals surface area contributed by atoms with Crippen molar-refractivity contribution in [1.29, 1.82) is 0 Å². The van der Waals surface area contributed by atoms with E-state index in [2.05, 4.69) is 6.92 Å². The van der Waals surface area contributed by atoms with Crippen LogP contribution < -0.4 is 5.73 Å². The third-order valence-electron chi connectivity index (χ3n) is 2.38. The Morgan fingerprint density at radius 2 is 2.18 bits per heavy atom. The van der Waals surface area contributed by atoms with Crippen LogP contribution in [0.5, 0.6) is 0 Å². The molecule has 0 aliphatic heterocycles. The van der Waals surface area contributed by atoms with Gasteiger partial charge in [0.05, 0.1) is 6.61 Å². The molecular weight excluding hydrogens is 214 g/mol. The van der Waals surface area contributed by atoms with E-state index >= 15 is 0 Å². The third-order valence-corrected chi connectivity index (χ3v) is 2.38. The summed E-state index contributed by atoms with van der Waals surface area (Å²) in [7, 11) is 0. The van der Waals surface area contributed by atoms with Gasteiger partial charge in [-0.1, -0.05) is 19.4 Å². The van der Waals surface area contributed by atoms with Gasteiger partial charge >= 0.3 is 5.97 Å². The molecule has 0 aliphatic carbocycles. The van der Waals surface area contributed by atoms with Gasteiger partial charge in [-0.3, -0.25) is 0 Å². The maximum Gasteiger partial charge on any atom is 0.330 e. The average Bonchev–Trinajstić information content (AvgIpc) is 2.31. The van der Waals surface area contributed by atoms with Gasteiger partial charge in [0.15, 0.2) is 0 Å². The van der Waals surface area contributed by atoms with Gasteiger partial charge in [0.1, 0.15) is 0 Å². The van der Waals surface area contributed by atoms with Crippen LogP contribution in [0.3, 0.4) is 0 Å². The molecule has 0 saturated carbocycles. The van der Waals surface area contributed by atoms with E-state index in [1.165, 1.54) is 6.08 Å². The summed E-state index contributed by atoms with van der Waals surface area (Å²) in [6, 6.07) is 5.77. The maximum atomic E-state index is 11.2. The van der Waals surface area contributed by atoms with Gasteiger partial charge in [-0.25, -0.2) is 4.79 Å². The van der Waals surface area contributed by atoms with E-state index in [0.717, 1.165) is 29.7 Å². The van der Waals surface area contributed by atoms with E-state index in [0.29, 0.717) is 6.61 Å². The minimum Gasteiger partial charge on any atom is -0.463 e. The Hall–Kier alpha value is -1.77. The number of benzene rings is 1. The number of aryl methyl sites for hydroxylation is 1. The first kappa shape index (κ1) is 13.3. The Balaban J connectivity index is 2.78. The maximum absolute atomic E-state index is 11.2. The summed E-state index contributed by atoms with van der Waals surface area (Å²) in [6.45, 7) is 4.29. The molecule has 0 radical (unpaired) electrons. The Morgan fingerprint density at radius 3 is 2.82 bits per heavy atom. The van der Waals surface area contributed by atoms with Crippen LogP contribution in [0.25, 0.3) is 6.08 Å². The third kappa shape index (κ3) is 4.31.